The summed E-state index contributed by atoms with van der Waals surface area (Å²) in [6, 6.07) is 0.0427. The summed E-state index contributed by atoms with van der Waals surface area (Å²) in [4.78, 5) is 26.1. The van der Waals surface area contributed by atoms with Crippen LogP contribution < -0.4 is 5.32 Å². The maximum atomic E-state index is 12.6. The molecule has 1 aliphatic rings. The van der Waals surface area contributed by atoms with Crippen molar-refractivity contribution in [3.8, 4) is 0 Å². The van der Waals surface area contributed by atoms with Crippen LogP contribution in [0.2, 0.25) is 0 Å². The zero-order valence-corrected chi connectivity index (χ0v) is 11.8. The summed E-state index contributed by atoms with van der Waals surface area (Å²) >= 11 is 0. The Kier molecular flexibility index (Phi) is 5.14. The first-order valence-corrected chi connectivity index (χ1v) is 6.59. The number of hydrogen-bond acceptors (Lipinski definition) is 3. The normalized spacial score (nSPS) is 26.8. The summed E-state index contributed by atoms with van der Waals surface area (Å²) in [5.41, 5.74) is -0.783. The van der Waals surface area contributed by atoms with E-state index < -0.39 is 5.54 Å². The van der Waals surface area contributed by atoms with Gasteiger partial charge in [0.15, 0.2) is 0 Å². The summed E-state index contributed by atoms with van der Waals surface area (Å²) in [5, 5.41) is 2.83. The molecule has 0 radical (unpaired) electrons. The van der Waals surface area contributed by atoms with Crippen molar-refractivity contribution in [3.05, 3.63) is 0 Å². The lowest BCUT2D eigenvalue weighted by Gasteiger charge is -2.35. The van der Waals surface area contributed by atoms with E-state index in [1.807, 2.05) is 13.8 Å². The average Bonchev–Trinajstić information content (AvgIpc) is 2.46. The molecule has 5 nitrogen and oxygen atoms in total. The highest BCUT2D eigenvalue weighted by Crippen LogP contribution is 2.20. The van der Waals surface area contributed by atoms with E-state index in [1.54, 1.807) is 18.9 Å². The van der Waals surface area contributed by atoms with Crippen LogP contribution in [0.4, 0.5) is 0 Å². The van der Waals surface area contributed by atoms with Crippen molar-refractivity contribution < 1.29 is 14.3 Å². The van der Waals surface area contributed by atoms with Crippen molar-refractivity contribution in [1.82, 2.24) is 10.2 Å². The minimum absolute atomic E-state index is 0.000231. The number of ether oxygens (including phenoxy) is 1. The highest BCUT2D eigenvalue weighted by molar-refractivity contribution is 5.93. The Morgan fingerprint density at radius 2 is 2.11 bits per heavy atom. The van der Waals surface area contributed by atoms with Crippen LogP contribution in [0, 0.1) is 0 Å². The van der Waals surface area contributed by atoms with Gasteiger partial charge in [-0.15, -0.1) is 0 Å². The largest absolute Gasteiger partial charge is 0.383 e. The lowest BCUT2D eigenvalue weighted by molar-refractivity contribution is -0.141. The smallest absolute Gasteiger partial charge is 0.248 e. The van der Waals surface area contributed by atoms with Crippen LogP contribution in [0.25, 0.3) is 0 Å². The molecule has 1 heterocycles. The van der Waals surface area contributed by atoms with Crippen LogP contribution in [0.1, 0.15) is 40.0 Å². The fourth-order valence-corrected chi connectivity index (χ4v) is 2.27. The molecule has 2 atom stereocenters. The van der Waals surface area contributed by atoms with E-state index in [2.05, 4.69) is 5.32 Å². The second kappa shape index (κ2) is 6.18. The Bertz CT molecular complexity index is 319. The quantitative estimate of drug-likeness (QED) is 0.796. The van der Waals surface area contributed by atoms with E-state index in [1.165, 1.54) is 0 Å². The predicted octanol–water partition coefficient (Wildman–Crippen LogP) is 0.929. The maximum Gasteiger partial charge on any atom is 0.248 e. The van der Waals surface area contributed by atoms with Crippen LogP contribution in [-0.4, -0.2) is 48.6 Å². The Hall–Kier alpha value is -1.10. The molecule has 1 rings (SSSR count). The number of nitrogens with zero attached hydrogens (tertiary/aromatic N) is 1. The Balaban J connectivity index is 2.96. The Morgan fingerprint density at radius 3 is 2.61 bits per heavy atom. The second-order valence-electron chi connectivity index (χ2n) is 5.00. The minimum atomic E-state index is -0.783. The highest BCUT2D eigenvalue weighted by Gasteiger charge is 2.41. The molecular weight excluding hydrogens is 232 g/mol. The van der Waals surface area contributed by atoms with Gasteiger partial charge in [-0.05, 0) is 19.8 Å². The van der Waals surface area contributed by atoms with Gasteiger partial charge in [-0.25, -0.2) is 0 Å². The summed E-state index contributed by atoms with van der Waals surface area (Å²) in [6.45, 7) is 6.72. The van der Waals surface area contributed by atoms with Crippen LogP contribution >= 0.6 is 0 Å². The van der Waals surface area contributed by atoms with Gasteiger partial charge in [0.1, 0.15) is 5.54 Å². The first kappa shape index (κ1) is 15.0. The van der Waals surface area contributed by atoms with E-state index in [9.17, 15) is 9.59 Å². The van der Waals surface area contributed by atoms with E-state index in [-0.39, 0.29) is 17.9 Å². The molecule has 5 heteroatoms. The van der Waals surface area contributed by atoms with Gasteiger partial charge in [0.2, 0.25) is 11.8 Å². The molecule has 0 aliphatic carbocycles. The third-order valence-corrected chi connectivity index (χ3v) is 3.71. The van der Waals surface area contributed by atoms with E-state index in [0.717, 1.165) is 6.42 Å². The molecule has 0 aromatic rings. The van der Waals surface area contributed by atoms with E-state index in [4.69, 9.17) is 4.74 Å². The summed E-state index contributed by atoms with van der Waals surface area (Å²) in [7, 11) is 1.63. The summed E-state index contributed by atoms with van der Waals surface area (Å²) < 4.78 is 5.17. The molecule has 104 valence electrons. The first-order valence-electron chi connectivity index (χ1n) is 6.59. The number of carbonyl (C=O) groups is 2. The number of carbonyl (C=O) groups excluding carboxylic acids is 2. The van der Waals surface area contributed by atoms with Gasteiger partial charge in [0.25, 0.3) is 0 Å². The zero-order chi connectivity index (χ0) is 13.8. The SMILES string of the molecule is CCC(COC)N1CCC(=O)NC(C)(CC)C1=O. The van der Waals surface area contributed by atoms with Gasteiger partial charge >= 0.3 is 0 Å². The monoisotopic (exact) mass is 256 g/mol. The lowest BCUT2D eigenvalue weighted by Crippen LogP contribution is -2.57. The van der Waals surface area contributed by atoms with Crippen LogP contribution in [-0.2, 0) is 14.3 Å². The maximum absolute atomic E-state index is 12.6. The van der Waals surface area contributed by atoms with Gasteiger partial charge in [-0.2, -0.15) is 0 Å². The standard InChI is InChI=1S/C13H24N2O3/c1-5-10(9-18-4)15-8-7-11(16)14-13(3,6-2)12(15)17/h10H,5-9H2,1-4H3,(H,14,16). The number of rotatable bonds is 5. The van der Waals surface area contributed by atoms with Crippen molar-refractivity contribution in [1.29, 1.82) is 0 Å². The van der Waals surface area contributed by atoms with Crippen molar-refractivity contribution in [2.45, 2.75) is 51.6 Å². The van der Waals surface area contributed by atoms with Crippen molar-refractivity contribution >= 4 is 11.8 Å². The fraction of sp³-hybridized carbons (Fsp3) is 0.846. The molecule has 2 amide bonds. The highest BCUT2D eigenvalue weighted by atomic mass is 16.5. The average molecular weight is 256 g/mol. The van der Waals surface area contributed by atoms with E-state index in [0.29, 0.717) is 26.0 Å². The lowest BCUT2D eigenvalue weighted by atomic mass is 9.96. The topological polar surface area (TPSA) is 58.6 Å². The van der Waals surface area contributed by atoms with E-state index >= 15 is 0 Å². The van der Waals surface area contributed by atoms with Crippen LogP contribution in [0.5, 0.6) is 0 Å². The predicted molar refractivity (Wildman–Crippen MR) is 69.1 cm³/mol. The molecule has 1 aliphatic heterocycles. The van der Waals surface area contributed by atoms with Gasteiger partial charge in [-0.1, -0.05) is 13.8 Å². The number of hydrogen-bond donors (Lipinski definition) is 1. The molecule has 18 heavy (non-hydrogen) atoms. The third-order valence-electron chi connectivity index (χ3n) is 3.71. The Morgan fingerprint density at radius 1 is 1.44 bits per heavy atom. The van der Waals surface area contributed by atoms with Gasteiger partial charge in [0, 0.05) is 20.1 Å². The summed E-state index contributed by atoms with van der Waals surface area (Å²) in [6.07, 6.45) is 1.78. The first-order chi connectivity index (χ1) is 8.48. The number of amides is 2. The minimum Gasteiger partial charge on any atom is -0.383 e. The molecule has 2 unspecified atom stereocenters. The van der Waals surface area contributed by atoms with Gasteiger partial charge in [0.05, 0.1) is 12.6 Å². The zero-order valence-electron chi connectivity index (χ0n) is 11.8. The fourth-order valence-electron chi connectivity index (χ4n) is 2.27. The molecule has 1 N–H and O–H groups in total. The molecule has 0 saturated carbocycles. The molecule has 1 saturated heterocycles. The van der Waals surface area contributed by atoms with Crippen molar-refractivity contribution in [3.63, 3.8) is 0 Å². The summed E-state index contributed by atoms with van der Waals surface area (Å²) in [5.74, 6) is -0.0535. The van der Waals surface area contributed by atoms with Gasteiger partial charge in [-0.3, -0.25) is 9.59 Å². The van der Waals surface area contributed by atoms with Gasteiger partial charge < -0.3 is 15.0 Å². The number of methoxy groups -OCH3 is 1. The molecule has 0 bridgehead atoms. The second-order valence-corrected chi connectivity index (χ2v) is 5.00. The van der Waals surface area contributed by atoms with Crippen LogP contribution in [0.3, 0.4) is 0 Å². The van der Waals surface area contributed by atoms with Crippen LogP contribution in [0.15, 0.2) is 0 Å². The van der Waals surface area contributed by atoms with Crippen molar-refractivity contribution in [2.24, 2.45) is 0 Å². The molecular formula is C13H24N2O3. The molecule has 0 spiro atoms. The molecule has 0 aromatic heterocycles. The third kappa shape index (κ3) is 3.02. The van der Waals surface area contributed by atoms with Crippen molar-refractivity contribution in [2.75, 3.05) is 20.3 Å². The number of nitrogens with one attached hydrogen (secondary N) is 1. The Labute approximate surface area is 109 Å². The molecule has 0 aromatic carbocycles. The molecule has 1 fully saturated rings.